The van der Waals surface area contributed by atoms with Crippen molar-refractivity contribution >= 4 is 5.70 Å². The molecule has 1 heterocycles. The van der Waals surface area contributed by atoms with Gasteiger partial charge in [-0.3, -0.25) is 4.79 Å². The molecule has 2 aliphatic carbocycles. The lowest BCUT2D eigenvalue weighted by atomic mass is 9.94. The van der Waals surface area contributed by atoms with Gasteiger partial charge in [0, 0.05) is 17.7 Å². The highest BCUT2D eigenvalue weighted by molar-refractivity contribution is 5.71. The largest absolute Gasteiger partial charge is 0.503 e. The van der Waals surface area contributed by atoms with Crippen molar-refractivity contribution in [3.8, 4) is 17.0 Å². The first-order chi connectivity index (χ1) is 13.7. The maximum Gasteiger partial charge on any atom is 0.223 e. The Labute approximate surface area is 164 Å². The molecule has 0 saturated heterocycles. The lowest BCUT2D eigenvalue weighted by molar-refractivity contribution is 0.466. The van der Waals surface area contributed by atoms with Crippen LogP contribution in [0.4, 0.5) is 0 Å². The Morgan fingerprint density at radius 3 is 2.71 bits per heavy atom. The van der Waals surface area contributed by atoms with E-state index in [2.05, 4.69) is 36.5 Å². The zero-order valence-corrected chi connectivity index (χ0v) is 15.4. The fourth-order valence-corrected chi connectivity index (χ4v) is 3.43. The average molecular weight is 367 g/mol. The fourth-order valence-electron chi connectivity index (χ4n) is 3.43. The van der Waals surface area contributed by atoms with Gasteiger partial charge >= 0.3 is 0 Å². The zero-order valence-electron chi connectivity index (χ0n) is 15.4. The Morgan fingerprint density at radius 2 is 1.86 bits per heavy atom. The number of hydrogen-bond acceptors (Lipinski definition) is 2. The summed E-state index contributed by atoms with van der Waals surface area (Å²) in [4.78, 5) is 12.1. The van der Waals surface area contributed by atoms with E-state index in [1.54, 1.807) is 0 Å². The minimum Gasteiger partial charge on any atom is -0.503 e. The van der Waals surface area contributed by atoms with Gasteiger partial charge in [0.05, 0.1) is 11.9 Å². The van der Waals surface area contributed by atoms with Crippen LogP contribution in [0, 0.1) is 5.92 Å². The van der Waals surface area contributed by atoms with E-state index in [9.17, 15) is 9.90 Å². The van der Waals surface area contributed by atoms with Gasteiger partial charge in [0.2, 0.25) is 5.43 Å². The van der Waals surface area contributed by atoms with Crippen LogP contribution in [-0.2, 0) is 0 Å². The summed E-state index contributed by atoms with van der Waals surface area (Å²) in [7, 11) is 0. The number of aromatic hydroxyl groups is 1. The SMILES string of the molecule is O=c1cc(-c2ccccc2)n(C2=CC(C3=CC=CC=CC3)C=CC=C2)cc1O. The molecule has 3 nitrogen and oxygen atoms in total. The minimum absolute atomic E-state index is 0.127. The number of benzene rings is 1. The molecule has 0 fully saturated rings. The summed E-state index contributed by atoms with van der Waals surface area (Å²) in [5, 5.41) is 10.1. The van der Waals surface area contributed by atoms with Crippen LogP contribution in [0.1, 0.15) is 6.42 Å². The van der Waals surface area contributed by atoms with Crippen molar-refractivity contribution in [1.29, 1.82) is 0 Å². The Balaban J connectivity index is 1.84. The van der Waals surface area contributed by atoms with Crippen molar-refractivity contribution in [2.24, 2.45) is 5.92 Å². The van der Waals surface area contributed by atoms with Gasteiger partial charge in [0.25, 0.3) is 0 Å². The topological polar surface area (TPSA) is 42.2 Å². The summed E-state index contributed by atoms with van der Waals surface area (Å²) < 4.78 is 1.88. The van der Waals surface area contributed by atoms with Gasteiger partial charge in [0.1, 0.15) is 0 Å². The summed E-state index contributed by atoms with van der Waals surface area (Å²) in [6.07, 6.45) is 23.2. The number of aromatic nitrogens is 1. The number of hydrogen-bond donors (Lipinski definition) is 1. The van der Waals surface area contributed by atoms with E-state index in [0.717, 1.165) is 23.4 Å². The second-order valence-electron chi connectivity index (χ2n) is 6.76. The molecule has 28 heavy (non-hydrogen) atoms. The highest BCUT2D eigenvalue weighted by Crippen LogP contribution is 2.29. The summed E-state index contributed by atoms with van der Waals surface area (Å²) in [6.45, 7) is 0. The molecule has 0 bridgehead atoms. The van der Waals surface area contributed by atoms with Crippen molar-refractivity contribution in [3.63, 3.8) is 0 Å². The molecule has 0 aliphatic heterocycles. The van der Waals surface area contributed by atoms with Gasteiger partial charge in [-0.1, -0.05) is 84.5 Å². The van der Waals surface area contributed by atoms with Gasteiger partial charge in [-0.2, -0.15) is 0 Å². The van der Waals surface area contributed by atoms with E-state index >= 15 is 0 Å². The summed E-state index contributed by atoms with van der Waals surface area (Å²) in [5.74, 6) is -0.134. The number of nitrogens with zero attached hydrogens (tertiary/aromatic N) is 1. The van der Waals surface area contributed by atoms with Crippen LogP contribution in [0.25, 0.3) is 17.0 Å². The monoisotopic (exact) mass is 367 g/mol. The van der Waals surface area contributed by atoms with Crippen molar-refractivity contribution in [3.05, 3.63) is 119 Å². The maximum atomic E-state index is 12.1. The molecule has 2 aromatic rings. The minimum atomic E-state index is -0.385. The van der Waals surface area contributed by atoms with Crippen molar-refractivity contribution in [2.75, 3.05) is 0 Å². The molecule has 1 atom stereocenters. The molecule has 138 valence electrons. The maximum absolute atomic E-state index is 12.1. The van der Waals surface area contributed by atoms with Gasteiger partial charge in [-0.25, -0.2) is 0 Å². The van der Waals surface area contributed by atoms with Gasteiger partial charge in [-0.05, 0) is 24.1 Å². The zero-order chi connectivity index (χ0) is 19.3. The molecule has 0 saturated carbocycles. The van der Waals surface area contributed by atoms with Crippen LogP contribution < -0.4 is 5.43 Å². The average Bonchev–Trinajstić information content (AvgIpc) is 3.13. The highest BCUT2D eigenvalue weighted by Gasteiger charge is 2.14. The lowest BCUT2D eigenvalue weighted by Gasteiger charge is -2.18. The van der Waals surface area contributed by atoms with Crippen LogP contribution in [0.5, 0.6) is 5.75 Å². The fraction of sp³-hybridized carbons (Fsp3) is 0.0800. The number of pyridine rings is 1. The summed E-state index contributed by atoms with van der Waals surface area (Å²) in [6, 6.07) is 11.2. The third-order valence-corrected chi connectivity index (χ3v) is 4.88. The van der Waals surface area contributed by atoms with E-state index < -0.39 is 0 Å². The van der Waals surface area contributed by atoms with Gasteiger partial charge in [-0.15, -0.1) is 0 Å². The molecule has 0 radical (unpaired) electrons. The molecule has 1 aromatic carbocycles. The van der Waals surface area contributed by atoms with Crippen LogP contribution in [0.15, 0.2) is 114 Å². The Hall–Kier alpha value is -3.59. The number of rotatable bonds is 3. The predicted octanol–water partition coefficient (Wildman–Crippen LogP) is 5.25. The number of allylic oxidation sites excluding steroid dienone is 12. The van der Waals surface area contributed by atoms with E-state index in [0.29, 0.717) is 0 Å². The third kappa shape index (κ3) is 3.74. The van der Waals surface area contributed by atoms with E-state index in [-0.39, 0.29) is 17.1 Å². The van der Waals surface area contributed by atoms with Crippen molar-refractivity contribution in [1.82, 2.24) is 4.57 Å². The first kappa shape index (κ1) is 17.8. The molecule has 0 spiro atoms. The molecule has 1 aromatic heterocycles. The molecule has 1 unspecified atom stereocenters. The van der Waals surface area contributed by atoms with Crippen LogP contribution >= 0.6 is 0 Å². The molecular formula is C25H21NO2. The molecule has 2 aliphatic rings. The van der Waals surface area contributed by atoms with Crippen molar-refractivity contribution in [2.45, 2.75) is 6.42 Å². The van der Waals surface area contributed by atoms with Crippen LogP contribution in [-0.4, -0.2) is 9.67 Å². The standard InChI is InChI=1S/C25H21NO2/c27-24-17-23(20-12-6-3-7-13-20)26(18-25(24)28)22-15-9-8-14-21(16-22)19-10-4-1-2-5-11-19/h1-10,12-18,21,28H,11H2. The molecule has 3 heteroatoms. The predicted molar refractivity (Wildman–Crippen MR) is 115 cm³/mol. The second-order valence-corrected chi connectivity index (χ2v) is 6.76. The Bertz CT molecular complexity index is 1110. The Morgan fingerprint density at radius 1 is 1.00 bits per heavy atom. The van der Waals surface area contributed by atoms with Crippen LogP contribution in [0.2, 0.25) is 0 Å². The lowest BCUT2D eigenvalue weighted by Crippen LogP contribution is -2.09. The quantitative estimate of drug-likeness (QED) is 0.805. The molecular weight excluding hydrogens is 346 g/mol. The van der Waals surface area contributed by atoms with Gasteiger partial charge in [0.15, 0.2) is 5.75 Å². The summed E-state index contributed by atoms with van der Waals surface area (Å²) >= 11 is 0. The third-order valence-electron chi connectivity index (χ3n) is 4.88. The van der Waals surface area contributed by atoms with Crippen LogP contribution in [0.3, 0.4) is 0 Å². The van der Waals surface area contributed by atoms with E-state index in [4.69, 9.17) is 0 Å². The smallest absolute Gasteiger partial charge is 0.223 e. The van der Waals surface area contributed by atoms with Crippen molar-refractivity contribution < 1.29 is 5.11 Å². The van der Waals surface area contributed by atoms with E-state index in [1.165, 1.54) is 17.8 Å². The second kappa shape index (κ2) is 7.97. The first-order valence-corrected chi connectivity index (χ1v) is 9.33. The van der Waals surface area contributed by atoms with Gasteiger partial charge < -0.3 is 9.67 Å². The Kier molecular flexibility index (Phi) is 5.07. The molecule has 1 N–H and O–H groups in total. The first-order valence-electron chi connectivity index (χ1n) is 9.33. The van der Waals surface area contributed by atoms with E-state index in [1.807, 2.05) is 59.2 Å². The normalized spacial score (nSPS) is 18.4. The highest BCUT2D eigenvalue weighted by atomic mass is 16.3. The molecule has 0 amide bonds. The molecule has 4 rings (SSSR count). The summed E-state index contributed by atoms with van der Waals surface area (Å²) in [5.41, 5.74) is 3.47.